The second kappa shape index (κ2) is 8.38. The zero-order valence-electron chi connectivity index (χ0n) is 16.5. The fourth-order valence-corrected chi connectivity index (χ4v) is 3.97. The highest BCUT2D eigenvalue weighted by molar-refractivity contribution is 5.86. The molecule has 0 atom stereocenters. The topological polar surface area (TPSA) is 86.4 Å². The summed E-state index contributed by atoms with van der Waals surface area (Å²) in [5.74, 6) is 0.430. The molecule has 0 amide bonds. The van der Waals surface area contributed by atoms with Crippen LogP contribution in [0, 0.1) is 5.82 Å². The average Bonchev–Trinajstić information content (AvgIpc) is 3.42. The number of nitrogens with one attached hydrogen (secondary N) is 2. The summed E-state index contributed by atoms with van der Waals surface area (Å²) >= 11 is 0. The van der Waals surface area contributed by atoms with Crippen molar-refractivity contribution in [3.8, 4) is 11.3 Å². The molecule has 2 N–H and O–H groups in total. The van der Waals surface area contributed by atoms with Crippen LogP contribution in [0.25, 0.3) is 22.3 Å². The monoisotopic (exact) mass is 467 g/mol. The van der Waals surface area contributed by atoms with E-state index in [1.54, 1.807) is 6.20 Å². The summed E-state index contributed by atoms with van der Waals surface area (Å²) in [7, 11) is 0. The smallest absolute Gasteiger partial charge is 0.356 e. The van der Waals surface area contributed by atoms with Crippen molar-refractivity contribution in [1.29, 1.82) is 0 Å². The normalized spacial score (nSPS) is 15.2. The molecule has 4 heterocycles. The SMILES string of the molecule is Cl.Fc1cc(-c2cnc(C3CCN(c4ncnc5[nH]ncc45)CC3)[nH]2)ccc1C(F)(F)F. The minimum Gasteiger partial charge on any atom is -0.356 e. The molecule has 1 aliphatic rings. The minimum atomic E-state index is -4.72. The number of aromatic amines is 2. The molecule has 1 aliphatic heterocycles. The number of rotatable bonds is 3. The number of anilines is 1. The second-order valence-corrected chi connectivity index (χ2v) is 7.47. The predicted molar refractivity (Wildman–Crippen MR) is 112 cm³/mol. The largest absolute Gasteiger partial charge is 0.419 e. The summed E-state index contributed by atoms with van der Waals surface area (Å²) in [5, 5.41) is 7.72. The van der Waals surface area contributed by atoms with Gasteiger partial charge < -0.3 is 9.88 Å². The van der Waals surface area contributed by atoms with Crippen LogP contribution in [0.3, 0.4) is 0 Å². The van der Waals surface area contributed by atoms with E-state index in [9.17, 15) is 17.6 Å². The number of piperidine rings is 1. The van der Waals surface area contributed by atoms with Gasteiger partial charge in [0.15, 0.2) is 5.65 Å². The minimum absolute atomic E-state index is 0. The number of hydrogen-bond donors (Lipinski definition) is 2. The van der Waals surface area contributed by atoms with E-state index in [1.165, 1.54) is 18.6 Å². The number of halogens is 5. The highest BCUT2D eigenvalue weighted by atomic mass is 35.5. The number of H-pyrrole nitrogens is 2. The first kappa shape index (κ1) is 22.0. The molecule has 4 aromatic rings. The summed E-state index contributed by atoms with van der Waals surface area (Å²) in [5.41, 5.74) is 0.220. The summed E-state index contributed by atoms with van der Waals surface area (Å²) in [6.07, 6.45) is 1.66. The number of alkyl halides is 3. The van der Waals surface area contributed by atoms with Gasteiger partial charge >= 0.3 is 6.18 Å². The van der Waals surface area contributed by atoms with Gasteiger partial charge in [-0.2, -0.15) is 18.3 Å². The van der Waals surface area contributed by atoms with Crippen LogP contribution in [0.4, 0.5) is 23.4 Å². The number of imidazole rings is 1. The first-order chi connectivity index (χ1) is 14.9. The molecule has 0 bridgehead atoms. The molecule has 0 unspecified atom stereocenters. The molecule has 12 heteroatoms. The van der Waals surface area contributed by atoms with Crippen LogP contribution in [0.2, 0.25) is 0 Å². The van der Waals surface area contributed by atoms with E-state index in [4.69, 9.17) is 0 Å². The lowest BCUT2D eigenvalue weighted by molar-refractivity contribution is -0.139. The molecule has 32 heavy (non-hydrogen) atoms. The van der Waals surface area contributed by atoms with E-state index in [0.717, 1.165) is 55.1 Å². The van der Waals surface area contributed by atoms with Gasteiger partial charge in [-0.25, -0.2) is 19.3 Å². The van der Waals surface area contributed by atoms with Crippen LogP contribution in [-0.2, 0) is 6.18 Å². The zero-order valence-corrected chi connectivity index (χ0v) is 17.3. The molecule has 1 saturated heterocycles. The van der Waals surface area contributed by atoms with Crippen molar-refractivity contribution in [3.63, 3.8) is 0 Å². The van der Waals surface area contributed by atoms with E-state index in [0.29, 0.717) is 16.9 Å². The summed E-state index contributed by atoms with van der Waals surface area (Å²) < 4.78 is 52.2. The first-order valence-electron chi connectivity index (χ1n) is 9.71. The van der Waals surface area contributed by atoms with Crippen LogP contribution in [0.5, 0.6) is 0 Å². The summed E-state index contributed by atoms with van der Waals surface area (Å²) in [6.45, 7) is 1.51. The second-order valence-electron chi connectivity index (χ2n) is 7.47. The highest BCUT2D eigenvalue weighted by Crippen LogP contribution is 2.34. The van der Waals surface area contributed by atoms with Crippen LogP contribution in [0.15, 0.2) is 36.9 Å². The number of aromatic nitrogens is 6. The molecule has 7 nitrogen and oxygen atoms in total. The van der Waals surface area contributed by atoms with Crippen molar-refractivity contribution in [2.75, 3.05) is 18.0 Å². The Labute approximate surface area is 185 Å². The lowest BCUT2D eigenvalue weighted by Gasteiger charge is -2.32. The molecule has 0 aliphatic carbocycles. The van der Waals surface area contributed by atoms with Crippen LogP contribution in [-0.4, -0.2) is 43.2 Å². The Hall–Kier alpha value is -3.21. The van der Waals surface area contributed by atoms with Crippen LogP contribution >= 0.6 is 12.4 Å². The van der Waals surface area contributed by atoms with E-state index >= 15 is 0 Å². The average molecular weight is 468 g/mol. The standard InChI is InChI=1S/C20H17F4N7.ClH/c21-15-7-12(1-2-14(15)20(22,23)24)16-9-25-17(29-16)11-3-5-31(6-4-11)19-13-8-28-30-18(13)26-10-27-19;/h1-2,7-11H,3-6H2,(H,25,29)(H,26,27,28,30);1H. The molecule has 1 fully saturated rings. The molecule has 0 saturated carbocycles. The zero-order chi connectivity index (χ0) is 21.6. The van der Waals surface area contributed by atoms with Gasteiger partial charge in [0.2, 0.25) is 0 Å². The van der Waals surface area contributed by atoms with Gasteiger partial charge in [0.25, 0.3) is 0 Å². The summed E-state index contributed by atoms with van der Waals surface area (Å²) in [4.78, 5) is 18.3. The quantitative estimate of drug-likeness (QED) is 0.426. The van der Waals surface area contributed by atoms with Crippen LogP contribution in [0.1, 0.15) is 30.1 Å². The van der Waals surface area contributed by atoms with Crippen molar-refractivity contribution in [2.24, 2.45) is 0 Å². The van der Waals surface area contributed by atoms with Gasteiger partial charge in [-0.1, -0.05) is 6.07 Å². The third-order valence-corrected chi connectivity index (χ3v) is 5.59. The Bertz CT molecular complexity index is 1230. The van der Waals surface area contributed by atoms with Gasteiger partial charge in [-0.15, -0.1) is 12.4 Å². The Morgan fingerprint density at radius 3 is 2.53 bits per heavy atom. The van der Waals surface area contributed by atoms with Crippen LogP contribution < -0.4 is 4.90 Å². The fourth-order valence-electron chi connectivity index (χ4n) is 3.97. The van der Waals surface area contributed by atoms with Gasteiger partial charge in [0, 0.05) is 24.6 Å². The van der Waals surface area contributed by atoms with Gasteiger partial charge in [0.05, 0.1) is 29.0 Å². The van der Waals surface area contributed by atoms with Crippen molar-refractivity contribution in [1.82, 2.24) is 30.1 Å². The van der Waals surface area contributed by atoms with Crippen molar-refractivity contribution >= 4 is 29.3 Å². The predicted octanol–water partition coefficient (Wildman–Crippen LogP) is 4.71. The van der Waals surface area contributed by atoms with E-state index in [2.05, 4.69) is 35.0 Å². The third kappa shape index (κ3) is 3.99. The molecule has 0 spiro atoms. The van der Waals surface area contributed by atoms with E-state index < -0.39 is 17.6 Å². The van der Waals surface area contributed by atoms with Crippen molar-refractivity contribution < 1.29 is 17.6 Å². The van der Waals surface area contributed by atoms with Gasteiger partial charge in [0.1, 0.15) is 23.8 Å². The Morgan fingerprint density at radius 1 is 1.03 bits per heavy atom. The maximum absolute atomic E-state index is 13.9. The Morgan fingerprint density at radius 2 is 1.81 bits per heavy atom. The number of nitrogens with zero attached hydrogens (tertiary/aromatic N) is 5. The van der Waals surface area contributed by atoms with Gasteiger partial charge in [-0.3, -0.25) is 5.10 Å². The van der Waals surface area contributed by atoms with E-state index in [-0.39, 0.29) is 18.3 Å². The molecule has 168 valence electrons. The third-order valence-electron chi connectivity index (χ3n) is 5.59. The van der Waals surface area contributed by atoms with Crippen molar-refractivity contribution in [2.45, 2.75) is 24.9 Å². The lowest BCUT2D eigenvalue weighted by Crippen LogP contribution is -2.33. The first-order valence-corrected chi connectivity index (χ1v) is 9.71. The molecular weight excluding hydrogens is 450 g/mol. The maximum atomic E-state index is 13.9. The Kier molecular flexibility index (Phi) is 5.76. The molecule has 5 rings (SSSR count). The molecule has 3 aromatic heterocycles. The number of fused-ring (bicyclic) bond motifs is 1. The van der Waals surface area contributed by atoms with Crippen molar-refractivity contribution in [3.05, 3.63) is 54.1 Å². The maximum Gasteiger partial charge on any atom is 0.419 e. The molecule has 1 aromatic carbocycles. The highest BCUT2D eigenvalue weighted by Gasteiger charge is 2.34. The fraction of sp³-hybridized carbons (Fsp3) is 0.300. The lowest BCUT2D eigenvalue weighted by atomic mass is 9.96. The summed E-state index contributed by atoms with van der Waals surface area (Å²) in [6, 6.07) is 2.88. The molecular formula is C20H18ClF4N7. The Balaban J connectivity index is 0.00000245. The molecule has 0 radical (unpaired) electrons. The van der Waals surface area contributed by atoms with Gasteiger partial charge in [-0.05, 0) is 25.0 Å². The van der Waals surface area contributed by atoms with E-state index in [1.807, 2.05) is 0 Å². The number of hydrogen-bond acceptors (Lipinski definition) is 5. The number of benzene rings is 1.